The lowest BCUT2D eigenvalue weighted by molar-refractivity contribution is 0.630. The maximum absolute atomic E-state index is 12.6. The molecule has 0 bridgehead atoms. The van der Waals surface area contributed by atoms with Crippen molar-refractivity contribution in [2.75, 3.05) is 0 Å². The molecule has 56 valence electrons. The molecular weight excluding hydrogens is 183 g/mol. The van der Waals surface area contributed by atoms with Crippen LogP contribution in [0.3, 0.4) is 0 Å². The maximum atomic E-state index is 12.6. The summed E-state index contributed by atoms with van der Waals surface area (Å²) in [6.07, 6.45) is 0. The van der Waals surface area contributed by atoms with Gasteiger partial charge in [-0.25, -0.2) is 4.39 Å². The quantitative estimate of drug-likeness (QED) is 0.589. The van der Waals surface area contributed by atoms with E-state index in [0.717, 1.165) is 10.1 Å². The van der Waals surface area contributed by atoms with Gasteiger partial charge in [0.15, 0.2) is 0 Å². The second-order valence-electron chi connectivity index (χ2n) is 2.22. The molecule has 0 aliphatic rings. The highest BCUT2D eigenvalue weighted by Crippen LogP contribution is 2.29. The van der Waals surface area contributed by atoms with Gasteiger partial charge < -0.3 is 0 Å². The standard InChI is InChI=1S/C8H4ClFS/c9-7-4-11-8-2-1-5(10)3-6(7)8/h1-4H. The van der Waals surface area contributed by atoms with Crippen LogP contribution < -0.4 is 0 Å². The van der Waals surface area contributed by atoms with Gasteiger partial charge in [0.2, 0.25) is 0 Å². The van der Waals surface area contributed by atoms with E-state index in [9.17, 15) is 4.39 Å². The molecule has 3 heteroatoms. The molecule has 11 heavy (non-hydrogen) atoms. The molecule has 1 heterocycles. The summed E-state index contributed by atoms with van der Waals surface area (Å²) in [5.74, 6) is -0.238. The molecule has 1 aromatic heterocycles. The molecular formula is C8H4ClFS. The molecule has 0 amide bonds. The number of fused-ring (bicyclic) bond motifs is 1. The zero-order valence-corrected chi connectivity index (χ0v) is 7.05. The molecule has 0 saturated carbocycles. The zero-order chi connectivity index (χ0) is 7.84. The van der Waals surface area contributed by atoms with Crippen LogP contribution in [0.1, 0.15) is 0 Å². The molecule has 0 aliphatic carbocycles. The van der Waals surface area contributed by atoms with Gasteiger partial charge in [-0.1, -0.05) is 11.6 Å². The molecule has 0 spiro atoms. The first kappa shape index (κ1) is 7.07. The topological polar surface area (TPSA) is 0 Å². The molecule has 0 unspecified atom stereocenters. The molecule has 0 saturated heterocycles. The van der Waals surface area contributed by atoms with Crippen LogP contribution in [0.15, 0.2) is 23.6 Å². The number of thiophene rings is 1. The summed E-state index contributed by atoms with van der Waals surface area (Å²) in [5, 5.41) is 3.24. The maximum Gasteiger partial charge on any atom is 0.123 e. The van der Waals surface area contributed by atoms with E-state index in [1.165, 1.54) is 23.5 Å². The van der Waals surface area contributed by atoms with Gasteiger partial charge in [0.25, 0.3) is 0 Å². The third-order valence-electron chi connectivity index (χ3n) is 1.49. The van der Waals surface area contributed by atoms with Crippen molar-refractivity contribution in [3.63, 3.8) is 0 Å². The Balaban J connectivity index is 2.87. The van der Waals surface area contributed by atoms with Crippen LogP contribution in [0, 0.1) is 5.82 Å². The molecule has 2 aromatic rings. The van der Waals surface area contributed by atoms with Gasteiger partial charge in [-0.2, -0.15) is 0 Å². The summed E-state index contributed by atoms with van der Waals surface area (Å²) in [7, 11) is 0. The summed E-state index contributed by atoms with van der Waals surface area (Å²) in [6, 6.07) is 4.63. The third-order valence-corrected chi connectivity index (χ3v) is 2.89. The predicted octanol–water partition coefficient (Wildman–Crippen LogP) is 3.69. The van der Waals surface area contributed by atoms with Crippen molar-refractivity contribution in [1.82, 2.24) is 0 Å². The number of halogens is 2. The van der Waals surface area contributed by atoms with Crippen LogP contribution in [0.4, 0.5) is 4.39 Å². The van der Waals surface area contributed by atoms with Crippen molar-refractivity contribution >= 4 is 33.0 Å². The van der Waals surface area contributed by atoms with Crippen molar-refractivity contribution in [2.45, 2.75) is 0 Å². The highest BCUT2D eigenvalue weighted by molar-refractivity contribution is 7.17. The minimum absolute atomic E-state index is 0.238. The Morgan fingerprint density at radius 3 is 3.00 bits per heavy atom. The second kappa shape index (κ2) is 2.47. The minimum atomic E-state index is -0.238. The normalized spacial score (nSPS) is 10.7. The van der Waals surface area contributed by atoms with Crippen LogP contribution in [0.5, 0.6) is 0 Å². The summed E-state index contributed by atoms with van der Waals surface area (Å²) in [4.78, 5) is 0. The fourth-order valence-corrected chi connectivity index (χ4v) is 2.12. The van der Waals surface area contributed by atoms with E-state index in [1.807, 2.05) is 5.38 Å². The fraction of sp³-hybridized carbons (Fsp3) is 0. The van der Waals surface area contributed by atoms with Gasteiger partial charge in [0, 0.05) is 15.5 Å². The molecule has 0 atom stereocenters. The Kier molecular flexibility index (Phi) is 1.59. The van der Waals surface area contributed by atoms with Crippen LogP contribution in [0.2, 0.25) is 5.02 Å². The minimum Gasteiger partial charge on any atom is -0.207 e. The highest BCUT2D eigenvalue weighted by atomic mass is 35.5. The summed E-state index contributed by atoms with van der Waals surface area (Å²) in [5.41, 5.74) is 0. The van der Waals surface area contributed by atoms with E-state index in [0.29, 0.717) is 5.02 Å². The monoisotopic (exact) mass is 186 g/mol. The van der Waals surface area contributed by atoms with E-state index < -0.39 is 0 Å². The van der Waals surface area contributed by atoms with Gasteiger partial charge in [0.1, 0.15) is 5.82 Å². The molecule has 0 fully saturated rings. The van der Waals surface area contributed by atoms with E-state index in [-0.39, 0.29) is 5.82 Å². The first-order valence-corrected chi connectivity index (χ1v) is 4.35. The Morgan fingerprint density at radius 1 is 1.36 bits per heavy atom. The Hall–Kier alpha value is -0.600. The number of hydrogen-bond donors (Lipinski definition) is 0. The van der Waals surface area contributed by atoms with Crippen molar-refractivity contribution in [3.05, 3.63) is 34.4 Å². The molecule has 0 radical (unpaired) electrons. The van der Waals surface area contributed by atoms with Crippen LogP contribution in [-0.4, -0.2) is 0 Å². The molecule has 0 nitrogen and oxygen atoms in total. The van der Waals surface area contributed by atoms with Gasteiger partial charge in [-0.05, 0) is 18.2 Å². The largest absolute Gasteiger partial charge is 0.207 e. The second-order valence-corrected chi connectivity index (χ2v) is 3.54. The smallest absolute Gasteiger partial charge is 0.123 e. The SMILES string of the molecule is Fc1ccc2scc(Cl)c2c1. The van der Waals surface area contributed by atoms with Crippen molar-refractivity contribution in [1.29, 1.82) is 0 Å². The summed E-state index contributed by atoms with van der Waals surface area (Å²) in [6.45, 7) is 0. The van der Waals surface area contributed by atoms with E-state index in [1.54, 1.807) is 6.07 Å². The van der Waals surface area contributed by atoms with Gasteiger partial charge in [0.05, 0.1) is 5.02 Å². The van der Waals surface area contributed by atoms with Crippen LogP contribution >= 0.6 is 22.9 Å². The lowest BCUT2D eigenvalue weighted by Crippen LogP contribution is -1.69. The van der Waals surface area contributed by atoms with Crippen molar-refractivity contribution in [3.8, 4) is 0 Å². The van der Waals surface area contributed by atoms with Gasteiger partial charge >= 0.3 is 0 Å². The summed E-state index contributed by atoms with van der Waals surface area (Å²) < 4.78 is 13.7. The van der Waals surface area contributed by atoms with Crippen LogP contribution in [0.25, 0.3) is 10.1 Å². The molecule has 1 aromatic carbocycles. The molecule has 0 aliphatic heterocycles. The average molecular weight is 187 g/mol. The first-order valence-electron chi connectivity index (χ1n) is 3.09. The highest BCUT2D eigenvalue weighted by Gasteiger charge is 2.01. The van der Waals surface area contributed by atoms with E-state index >= 15 is 0 Å². The predicted molar refractivity (Wildman–Crippen MR) is 46.8 cm³/mol. The Bertz CT molecular complexity index is 394. The van der Waals surface area contributed by atoms with E-state index in [2.05, 4.69) is 0 Å². The molecule has 0 N–H and O–H groups in total. The number of benzene rings is 1. The Morgan fingerprint density at radius 2 is 2.18 bits per heavy atom. The molecule has 2 rings (SSSR count). The zero-order valence-electron chi connectivity index (χ0n) is 5.47. The Labute approximate surface area is 72.2 Å². The van der Waals surface area contributed by atoms with Gasteiger partial charge in [-0.3, -0.25) is 0 Å². The lowest BCUT2D eigenvalue weighted by atomic mass is 10.2. The van der Waals surface area contributed by atoms with E-state index in [4.69, 9.17) is 11.6 Å². The van der Waals surface area contributed by atoms with Crippen molar-refractivity contribution in [2.24, 2.45) is 0 Å². The first-order chi connectivity index (χ1) is 5.27. The number of rotatable bonds is 0. The summed E-state index contributed by atoms with van der Waals surface area (Å²) >= 11 is 7.31. The number of hydrogen-bond acceptors (Lipinski definition) is 1. The third kappa shape index (κ3) is 1.12. The van der Waals surface area contributed by atoms with Gasteiger partial charge in [-0.15, -0.1) is 11.3 Å². The average Bonchev–Trinajstić information content (AvgIpc) is 2.33. The van der Waals surface area contributed by atoms with Crippen molar-refractivity contribution < 1.29 is 4.39 Å². The fourth-order valence-electron chi connectivity index (χ4n) is 0.970. The van der Waals surface area contributed by atoms with Crippen LogP contribution in [-0.2, 0) is 0 Å². The lowest BCUT2D eigenvalue weighted by Gasteiger charge is -1.89.